The summed E-state index contributed by atoms with van der Waals surface area (Å²) < 4.78 is 0. The first-order chi connectivity index (χ1) is 5.78. The molecule has 0 fully saturated rings. The number of rotatable bonds is 5. The van der Waals surface area contributed by atoms with Crippen LogP contribution in [0.1, 0.15) is 12.8 Å². The minimum Gasteiger partial charge on any atom is -0.550 e. The van der Waals surface area contributed by atoms with Crippen LogP contribution < -0.4 is 104 Å². The van der Waals surface area contributed by atoms with Gasteiger partial charge in [0.15, 0.2) is 0 Å². The van der Waals surface area contributed by atoms with E-state index in [2.05, 4.69) is 0 Å². The van der Waals surface area contributed by atoms with Crippen LogP contribution in [0.15, 0.2) is 0 Å². The predicted octanol–water partition coefficient (Wildman–Crippen LogP) is -14.6. The van der Waals surface area contributed by atoms with E-state index < -0.39 is 36.4 Å². The number of carboxylic acids is 3. The number of carbonyl (C=O) groups excluding carboxylic acids is 3. The van der Waals surface area contributed by atoms with Gasteiger partial charge in [-0.05, 0) is 0 Å². The van der Waals surface area contributed by atoms with Gasteiger partial charge in [-0.15, -0.1) is 0 Å². The van der Waals surface area contributed by atoms with Gasteiger partial charge in [-0.3, -0.25) is 0 Å². The number of aliphatic hydroxyl groups is 1. The smallest absolute Gasteiger partial charge is 0.550 e. The molecule has 0 aromatic heterocycles. The van der Waals surface area contributed by atoms with Crippen molar-refractivity contribution in [2.75, 3.05) is 0 Å². The van der Waals surface area contributed by atoms with E-state index in [1.807, 2.05) is 0 Å². The van der Waals surface area contributed by atoms with Crippen LogP contribution in [-0.2, 0) is 14.4 Å². The fourth-order valence-corrected chi connectivity index (χ4v) is 0.684. The molecule has 0 aromatic carbocycles. The zero-order chi connectivity index (χ0) is 10.6. The molecule has 0 saturated carbocycles. The van der Waals surface area contributed by atoms with Gasteiger partial charge in [0.1, 0.15) is 5.60 Å². The second-order valence-corrected chi connectivity index (χ2v) is 2.42. The summed E-state index contributed by atoms with van der Waals surface area (Å²) in [5.41, 5.74) is -2.97. The monoisotopic (exact) mass is 282 g/mol. The zero-order valence-corrected chi connectivity index (χ0v) is 17.4. The van der Waals surface area contributed by atoms with E-state index in [0.717, 1.165) is 0 Å². The average Bonchev–Trinajstić information content (AvgIpc) is 1.82. The molecule has 0 spiro atoms. The van der Waals surface area contributed by atoms with Crippen LogP contribution in [0.4, 0.5) is 0 Å². The zero-order valence-electron chi connectivity index (χ0n) is 10.0. The molecular formula is C6H5MgNa3O7+2. The predicted molar refractivity (Wildman–Crippen MR) is 35.0 cm³/mol. The number of hydrogen-bond acceptors (Lipinski definition) is 7. The van der Waals surface area contributed by atoms with Crippen molar-refractivity contribution in [3.8, 4) is 0 Å². The van der Waals surface area contributed by atoms with Crippen molar-refractivity contribution in [3.05, 3.63) is 0 Å². The maximum Gasteiger partial charge on any atom is 2.00 e. The van der Waals surface area contributed by atoms with Gasteiger partial charge in [0.2, 0.25) is 0 Å². The normalized spacial score (nSPS) is 8.29. The summed E-state index contributed by atoms with van der Waals surface area (Å²) in [4.78, 5) is 30.0. The maximum absolute atomic E-state index is 10.1. The van der Waals surface area contributed by atoms with Crippen LogP contribution in [0.3, 0.4) is 0 Å². The summed E-state index contributed by atoms with van der Waals surface area (Å²) in [7, 11) is 0. The third-order valence-electron chi connectivity index (χ3n) is 1.25. The number of carbonyl (C=O) groups is 3. The van der Waals surface area contributed by atoms with Crippen molar-refractivity contribution in [1.82, 2.24) is 0 Å². The van der Waals surface area contributed by atoms with Crippen molar-refractivity contribution >= 4 is 41.0 Å². The van der Waals surface area contributed by atoms with Gasteiger partial charge in [0.05, 0.1) is 5.97 Å². The van der Waals surface area contributed by atoms with Gasteiger partial charge in [0, 0.05) is 24.8 Å². The number of hydrogen-bond donors (Lipinski definition) is 1. The van der Waals surface area contributed by atoms with Crippen LogP contribution in [-0.4, -0.2) is 51.7 Å². The molecule has 0 bridgehead atoms. The molecule has 17 heavy (non-hydrogen) atoms. The molecule has 0 aliphatic carbocycles. The molecule has 0 radical (unpaired) electrons. The van der Waals surface area contributed by atoms with E-state index >= 15 is 0 Å². The van der Waals surface area contributed by atoms with E-state index in [-0.39, 0.29) is 112 Å². The molecule has 0 rings (SSSR count). The second-order valence-electron chi connectivity index (χ2n) is 2.42. The molecule has 0 aromatic rings. The van der Waals surface area contributed by atoms with E-state index in [1.165, 1.54) is 0 Å². The Hall–Kier alpha value is 2.14. The Labute approximate surface area is 180 Å². The van der Waals surface area contributed by atoms with Crippen LogP contribution in [0.5, 0.6) is 0 Å². The molecule has 0 unspecified atom stereocenters. The molecule has 0 aliphatic rings. The fraction of sp³-hybridized carbons (Fsp3) is 0.500. The van der Waals surface area contributed by atoms with E-state index in [0.29, 0.717) is 0 Å². The maximum atomic E-state index is 10.1. The summed E-state index contributed by atoms with van der Waals surface area (Å²) in [5.74, 6) is -5.98. The molecule has 74 valence electrons. The fourth-order valence-electron chi connectivity index (χ4n) is 0.684. The SMILES string of the molecule is O=C([O-])CC(O)(CC(=O)[O-])C(=O)[O-].[Mg+2].[Na+].[Na+].[Na+]. The van der Waals surface area contributed by atoms with Gasteiger partial charge < -0.3 is 34.8 Å². The summed E-state index contributed by atoms with van der Waals surface area (Å²) in [5, 5.41) is 38.9. The Morgan fingerprint density at radius 3 is 1.24 bits per heavy atom. The minimum absolute atomic E-state index is 0. The van der Waals surface area contributed by atoms with Crippen molar-refractivity contribution in [2.24, 2.45) is 0 Å². The average molecular weight is 282 g/mol. The molecule has 7 nitrogen and oxygen atoms in total. The molecule has 0 saturated heterocycles. The molecule has 0 atom stereocenters. The third-order valence-corrected chi connectivity index (χ3v) is 1.25. The Bertz CT molecular complexity index is 244. The van der Waals surface area contributed by atoms with Crippen molar-refractivity contribution < 1.29 is 123 Å². The largest absolute Gasteiger partial charge is 2.00 e. The minimum atomic E-state index is -2.97. The van der Waals surface area contributed by atoms with Crippen molar-refractivity contribution in [1.29, 1.82) is 0 Å². The van der Waals surface area contributed by atoms with Gasteiger partial charge in [0.25, 0.3) is 0 Å². The Kier molecular flexibility index (Phi) is 26.9. The van der Waals surface area contributed by atoms with Gasteiger partial charge >= 0.3 is 112 Å². The standard InChI is InChI=1S/C6H8O7.Mg.3Na/c7-3(8)1-6(13,5(11)12)2-4(9)10;;;;/h13H,1-2H2,(H,7,8)(H,9,10)(H,11,12);;;;/q;+2;3*+1/p-3. The summed E-state index contributed by atoms with van der Waals surface area (Å²) in [6, 6.07) is 0. The van der Waals surface area contributed by atoms with E-state index in [4.69, 9.17) is 5.11 Å². The van der Waals surface area contributed by atoms with Crippen LogP contribution in [0, 0.1) is 0 Å². The van der Waals surface area contributed by atoms with Crippen LogP contribution in [0.2, 0.25) is 0 Å². The third kappa shape index (κ3) is 14.4. The molecule has 0 aliphatic heterocycles. The molecule has 0 heterocycles. The molecule has 0 amide bonds. The Morgan fingerprint density at radius 2 is 1.12 bits per heavy atom. The first-order valence-electron chi connectivity index (χ1n) is 3.11. The van der Waals surface area contributed by atoms with Crippen molar-refractivity contribution in [3.63, 3.8) is 0 Å². The van der Waals surface area contributed by atoms with Gasteiger partial charge in [-0.1, -0.05) is 0 Å². The van der Waals surface area contributed by atoms with E-state index in [1.54, 1.807) is 0 Å². The second kappa shape index (κ2) is 14.5. The first-order valence-corrected chi connectivity index (χ1v) is 3.11. The molecular weight excluding hydrogens is 277 g/mol. The number of aliphatic carboxylic acids is 3. The van der Waals surface area contributed by atoms with Gasteiger partial charge in [-0.2, -0.15) is 0 Å². The van der Waals surface area contributed by atoms with Crippen LogP contribution >= 0.6 is 0 Å². The van der Waals surface area contributed by atoms with Crippen molar-refractivity contribution in [2.45, 2.75) is 18.4 Å². The Morgan fingerprint density at radius 1 is 0.882 bits per heavy atom. The molecule has 1 N–H and O–H groups in total. The summed E-state index contributed by atoms with van der Waals surface area (Å²) in [6.07, 6.45) is -2.72. The van der Waals surface area contributed by atoms with Crippen LogP contribution in [0.25, 0.3) is 0 Å². The summed E-state index contributed by atoms with van der Waals surface area (Å²) >= 11 is 0. The topological polar surface area (TPSA) is 141 Å². The quantitative estimate of drug-likeness (QED) is 0.493. The van der Waals surface area contributed by atoms with Gasteiger partial charge in [-0.25, -0.2) is 0 Å². The number of carboxylic acid groups (broad SMARTS) is 3. The summed E-state index contributed by atoms with van der Waals surface area (Å²) in [6.45, 7) is 0. The van der Waals surface area contributed by atoms with E-state index in [9.17, 15) is 29.7 Å². The molecule has 11 heteroatoms. The first kappa shape index (κ1) is 31.5. The Balaban J connectivity index is -0.000000120.